The third-order valence-corrected chi connectivity index (χ3v) is 4.93. The molecule has 3 rings (SSSR count). The minimum atomic E-state index is 0.186. The Balaban J connectivity index is 1.31. The second-order valence-electron chi connectivity index (χ2n) is 6.78. The number of amides is 1. The first-order valence-corrected chi connectivity index (χ1v) is 9.27. The first-order valence-electron chi connectivity index (χ1n) is 9.27. The molecule has 0 atom stereocenters. The molecular weight excluding hydrogens is 310 g/mol. The van der Waals surface area contributed by atoms with E-state index in [2.05, 4.69) is 33.4 Å². The minimum absolute atomic E-state index is 0.186. The molecule has 0 spiro atoms. The monoisotopic (exact) mass is 337 g/mol. The molecule has 1 aromatic heterocycles. The van der Waals surface area contributed by atoms with Crippen LogP contribution < -0.4 is 10.2 Å². The van der Waals surface area contributed by atoms with Crippen molar-refractivity contribution in [2.75, 3.05) is 24.5 Å². The van der Waals surface area contributed by atoms with E-state index in [0.717, 1.165) is 45.3 Å². The number of pyridine rings is 1. The van der Waals surface area contributed by atoms with Crippen LogP contribution in [0.1, 0.15) is 31.2 Å². The normalized spacial score (nSPS) is 15.1. The van der Waals surface area contributed by atoms with Crippen LogP contribution in [0.5, 0.6) is 0 Å². The molecule has 25 heavy (non-hydrogen) atoms. The van der Waals surface area contributed by atoms with Crippen molar-refractivity contribution in [1.29, 1.82) is 0 Å². The zero-order chi connectivity index (χ0) is 17.3. The number of carbonyl (C=O) groups is 1. The number of carbonyl (C=O) groups excluding carboxylic acids is 1. The van der Waals surface area contributed by atoms with Gasteiger partial charge in [0, 0.05) is 32.3 Å². The summed E-state index contributed by atoms with van der Waals surface area (Å²) in [7, 11) is 0. The molecule has 0 aliphatic carbocycles. The van der Waals surface area contributed by atoms with Crippen LogP contribution in [-0.4, -0.2) is 30.5 Å². The number of nitrogens with zero attached hydrogens (tertiary/aromatic N) is 2. The SMILES string of the molecule is O=C(CCCc1ccccc1)NCC1CCN(c2cccnc2)CC1. The number of benzene rings is 1. The highest BCUT2D eigenvalue weighted by molar-refractivity contribution is 5.75. The lowest BCUT2D eigenvalue weighted by atomic mass is 9.96. The molecule has 0 unspecified atom stereocenters. The summed E-state index contributed by atoms with van der Waals surface area (Å²) < 4.78 is 0. The summed E-state index contributed by atoms with van der Waals surface area (Å²) >= 11 is 0. The van der Waals surface area contributed by atoms with Crippen molar-refractivity contribution >= 4 is 11.6 Å². The van der Waals surface area contributed by atoms with Gasteiger partial charge in [0.25, 0.3) is 0 Å². The first-order chi connectivity index (χ1) is 12.3. The van der Waals surface area contributed by atoms with Gasteiger partial charge in [-0.15, -0.1) is 0 Å². The smallest absolute Gasteiger partial charge is 0.220 e. The molecule has 0 bridgehead atoms. The van der Waals surface area contributed by atoms with E-state index in [1.165, 1.54) is 11.3 Å². The van der Waals surface area contributed by atoms with E-state index >= 15 is 0 Å². The highest BCUT2D eigenvalue weighted by atomic mass is 16.1. The lowest BCUT2D eigenvalue weighted by Gasteiger charge is -2.33. The average molecular weight is 337 g/mol. The molecule has 1 aliphatic heterocycles. The molecular formula is C21H27N3O. The van der Waals surface area contributed by atoms with Crippen LogP contribution in [0, 0.1) is 5.92 Å². The summed E-state index contributed by atoms with van der Waals surface area (Å²) in [6.45, 7) is 2.89. The quantitative estimate of drug-likeness (QED) is 0.842. The molecule has 1 saturated heterocycles. The maximum Gasteiger partial charge on any atom is 0.220 e. The number of aromatic nitrogens is 1. The molecule has 4 heteroatoms. The molecule has 1 amide bonds. The maximum absolute atomic E-state index is 12.0. The number of piperidine rings is 1. The van der Waals surface area contributed by atoms with Crippen LogP contribution in [0.3, 0.4) is 0 Å². The molecule has 1 aliphatic rings. The number of nitrogens with one attached hydrogen (secondary N) is 1. The fourth-order valence-corrected chi connectivity index (χ4v) is 3.38. The predicted molar refractivity (Wildman–Crippen MR) is 102 cm³/mol. The van der Waals surface area contributed by atoms with Crippen molar-refractivity contribution in [3.63, 3.8) is 0 Å². The van der Waals surface area contributed by atoms with Gasteiger partial charge in [-0.2, -0.15) is 0 Å². The number of aryl methyl sites for hydroxylation is 1. The largest absolute Gasteiger partial charge is 0.370 e. The Morgan fingerprint density at radius 1 is 1.12 bits per heavy atom. The fourth-order valence-electron chi connectivity index (χ4n) is 3.38. The predicted octanol–water partition coefficient (Wildman–Crippen LogP) is 3.44. The lowest BCUT2D eigenvalue weighted by molar-refractivity contribution is -0.121. The maximum atomic E-state index is 12.0. The third-order valence-electron chi connectivity index (χ3n) is 4.93. The third kappa shape index (κ3) is 5.59. The zero-order valence-corrected chi connectivity index (χ0v) is 14.7. The lowest BCUT2D eigenvalue weighted by Crippen LogP contribution is -2.38. The van der Waals surface area contributed by atoms with Crippen LogP contribution in [-0.2, 0) is 11.2 Å². The van der Waals surface area contributed by atoms with E-state index in [-0.39, 0.29) is 5.91 Å². The Hall–Kier alpha value is -2.36. The number of rotatable bonds is 7. The van der Waals surface area contributed by atoms with Crippen molar-refractivity contribution in [2.45, 2.75) is 32.1 Å². The molecule has 0 saturated carbocycles. The number of hydrogen-bond donors (Lipinski definition) is 1. The average Bonchev–Trinajstić information content (AvgIpc) is 2.68. The Labute approximate surface area is 150 Å². The van der Waals surface area contributed by atoms with E-state index in [4.69, 9.17) is 0 Å². The highest BCUT2D eigenvalue weighted by Crippen LogP contribution is 2.22. The van der Waals surface area contributed by atoms with Crippen molar-refractivity contribution in [1.82, 2.24) is 10.3 Å². The van der Waals surface area contributed by atoms with Gasteiger partial charge >= 0.3 is 0 Å². The van der Waals surface area contributed by atoms with E-state index < -0.39 is 0 Å². The summed E-state index contributed by atoms with van der Waals surface area (Å²) in [5.41, 5.74) is 2.50. The Morgan fingerprint density at radius 3 is 2.64 bits per heavy atom. The molecule has 1 aromatic carbocycles. The van der Waals surface area contributed by atoms with Gasteiger partial charge in [-0.05, 0) is 49.3 Å². The van der Waals surface area contributed by atoms with Gasteiger partial charge < -0.3 is 10.2 Å². The van der Waals surface area contributed by atoms with Crippen molar-refractivity contribution < 1.29 is 4.79 Å². The molecule has 2 heterocycles. The molecule has 0 radical (unpaired) electrons. The number of hydrogen-bond acceptors (Lipinski definition) is 3. The fraction of sp³-hybridized carbons (Fsp3) is 0.429. The van der Waals surface area contributed by atoms with Gasteiger partial charge in [-0.1, -0.05) is 30.3 Å². The molecule has 132 valence electrons. The van der Waals surface area contributed by atoms with Gasteiger partial charge in [0.2, 0.25) is 5.91 Å². The minimum Gasteiger partial charge on any atom is -0.370 e. The van der Waals surface area contributed by atoms with Crippen molar-refractivity contribution in [3.05, 3.63) is 60.4 Å². The van der Waals surface area contributed by atoms with Crippen molar-refractivity contribution in [2.24, 2.45) is 5.92 Å². The topological polar surface area (TPSA) is 45.2 Å². The Morgan fingerprint density at radius 2 is 1.92 bits per heavy atom. The standard InChI is InChI=1S/C21H27N3O/c25-21(10-4-8-18-6-2-1-3-7-18)23-16-19-11-14-24(15-12-19)20-9-5-13-22-17-20/h1-3,5-7,9,13,17,19H,4,8,10-12,14-16H2,(H,23,25). The summed E-state index contributed by atoms with van der Waals surface area (Å²) in [5, 5.41) is 3.12. The van der Waals surface area contributed by atoms with Crippen LogP contribution in [0.25, 0.3) is 0 Å². The van der Waals surface area contributed by atoms with E-state index in [1.807, 2.05) is 36.7 Å². The van der Waals surface area contributed by atoms with E-state index in [9.17, 15) is 4.79 Å². The van der Waals surface area contributed by atoms with Gasteiger partial charge in [-0.3, -0.25) is 9.78 Å². The van der Waals surface area contributed by atoms with Crippen LogP contribution in [0.2, 0.25) is 0 Å². The second kappa shape index (κ2) is 9.21. The van der Waals surface area contributed by atoms with Crippen LogP contribution >= 0.6 is 0 Å². The van der Waals surface area contributed by atoms with Crippen molar-refractivity contribution in [3.8, 4) is 0 Å². The highest BCUT2D eigenvalue weighted by Gasteiger charge is 2.19. The van der Waals surface area contributed by atoms with Gasteiger partial charge in [0.1, 0.15) is 0 Å². The molecule has 1 fully saturated rings. The second-order valence-corrected chi connectivity index (χ2v) is 6.78. The zero-order valence-electron chi connectivity index (χ0n) is 14.7. The molecule has 2 aromatic rings. The van der Waals surface area contributed by atoms with Gasteiger partial charge in [0.05, 0.1) is 11.9 Å². The van der Waals surface area contributed by atoms with Gasteiger partial charge in [-0.25, -0.2) is 0 Å². The van der Waals surface area contributed by atoms with Gasteiger partial charge in [0.15, 0.2) is 0 Å². The molecule has 4 nitrogen and oxygen atoms in total. The molecule has 1 N–H and O–H groups in total. The Bertz CT molecular complexity index is 637. The summed E-state index contributed by atoms with van der Waals surface area (Å²) in [6, 6.07) is 14.5. The van der Waals surface area contributed by atoms with Crippen LogP contribution in [0.4, 0.5) is 5.69 Å². The number of anilines is 1. The summed E-state index contributed by atoms with van der Waals surface area (Å²) in [5.74, 6) is 0.775. The van der Waals surface area contributed by atoms with Crippen LogP contribution in [0.15, 0.2) is 54.9 Å². The summed E-state index contributed by atoms with van der Waals surface area (Å²) in [4.78, 5) is 18.6. The van der Waals surface area contributed by atoms with E-state index in [0.29, 0.717) is 12.3 Å². The van der Waals surface area contributed by atoms with E-state index in [1.54, 1.807) is 0 Å². The Kier molecular flexibility index (Phi) is 6.43. The summed E-state index contributed by atoms with van der Waals surface area (Å²) in [6.07, 6.45) is 8.48. The first kappa shape index (κ1) is 17.5.